The van der Waals surface area contributed by atoms with Crippen LogP contribution in [0.25, 0.3) is 11.0 Å². The molecule has 0 aliphatic heterocycles. The molecule has 0 spiro atoms. The molecule has 94 valence electrons. The number of hydrogen-bond acceptors (Lipinski definition) is 6. The van der Waals surface area contributed by atoms with Crippen LogP contribution >= 0.6 is 0 Å². The Kier molecular flexibility index (Phi) is 3.28. The molecular weight excluding hydrogens is 230 g/mol. The Bertz CT molecular complexity index is 583. The maximum absolute atomic E-state index is 8.86. The van der Waals surface area contributed by atoms with Gasteiger partial charge >= 0.3 is 0 Å². The van der Waals surface area contributed by atoms with Crippen LogP contribution in [0.1, 0.15) is 6.92 Å². The van der Waals surface area contributed by atoms with Crippen molar-refractivity contribution in [2.24, 2.45) is 5.92 Å². The zero-order valence-corrected chi connectivity index (χ0v) is 10.6. The molecule has 0 aliphatic rings. The van der Waals surface area contributed by atoms with Gasteiger partial charge in [-0.05, 0) is 6.92 Å². The number of nitriles is 1. The lowest BCUT2D eigenvalue weighted by Crippen LogP contribution is -2.24. The third-order valence-corrected chi connectivity index (χ3v) is 2.64. The molecule has 0 aliphatic carbocycles. The summed E-state index contributed by atoms with van der Waals surface area (Å²) in [6.07, 6.45) is 1.69. The summed E-state index contributed by atoms with van der Waals surface area (Å²) in [6, 6.07) is 2.21. The molecular formula is C11H15N7. The first-order valence-corrected chi connectivity index (χ1v) is 5.65. The first-order valence-electron chi connectivity index (χ1n) is 5.65. The van der Waals surface area contributed by atoms with Crippen molar-refractivity contribution in [1.82, 2.24) is 20.2 Å². The predicted molar refractivity (Wildman–Crippen MR) is 69.3 cm³/mol. The van der Waals surface area contributed by atoms with Gasteiger partial charge < -0.3 is 10.2 Å². The van der Waals surface area contributed by atoms with Crippen molar-refractivity contribution < 1.29 is 0 Å². The van der Waals surface area contributed by atoms with Gasteiger partial charge in [0.25, 0.3) is 0 Å². The number of H-pyrrole nitrogens is 1. The molecule has 7 nitrogen and oxygen atoms in total. The van der Waals surface area contributed by atoms with Crippen LogP contribution in [0.5, 0.6) is 0 Å². The number of nitrogens with one attached hydrogen (secondary N) is 2. The molecule has 0 fully saturated rings. The quantitative estimate of drug-likeness (QED) is 0.834. The zero-order chi connectivity index (χ0) is 13.1. The van der Waals surface area contributed by atoms with Gasteiger partial charge in [0, 0.05) is 20.6 Å². The maximum Gasteiger partial charge on any atom is 0.226 e. The Morgan fingerprint density at radius 1 is 1.56 bits per heavy atom. The van der Waals surface area contributed by atoms with Crippen LogP contribution in [-0.2, 0) is 0 Å². The van der Waals surface area contributed by atoms with Gasteiger partial charge in [0.05, 0.1) is 23.6 Å². The fourth-order valence-electron chi connectivity index (χ4n) is 1.76. The van der Waals surface area contributed by atoms with E-state index in [1.807, 2.05) is 18.9 Å². The average molecular weight is 245 g/mol. The van der Waals surface area contributed by atoms with Crippen molar-refractivity contribution in [3.05, 3.63) is 6.20 Å². The van der Waals surface area contributed by atoms with E-state index in [-0.39, 0.29) is 5.92 Å². The topological polar surface area (TPSA) is 93.5 Å². The van der Waals surface area contributed by atoms with Gasteiger partial charge in [-0.3, -0.25) is 5.10 Å². The lowest BCUT2D eigenvalue weighted by atomic mass is 10.2. The van der Waals surface area contributed by atoms with E-state index in [0.717, 1.165) is 11.2 Å². The van der Waals surface area contributed by atoms with E-state index in [4.69, 9.17) is 5.26 Å². The van der Waals surface area contributed by atoms with E-state index in [0.29, 0.717) is 18.1 Å². The molecule has 0 saturated heterocycles. The molecule has 1 atom stereocenters. The van der Waals surface area contributed by atoms with Crippen LogP contribution < -0.4 is 10.2 Å². The van der Waals surface area contributed by atoms with Crippen LogP contribution in [0, 0.1) is 17.2 Å². The molecule has 1 unspecified atom stereocenters. The molecule has 0 amide bonds. The fraction of sp³-hybridized carbons (Fsp3) is 0.455. The number of anilines is 2. The van der Waals surface area contributed by atoms with E-state index in [9.17, 15) is 0 Å². The lowest BCUT2D eigenvalue weighted by Gasteiger charge is -2.20. The Morgan fingerprint density at radius 3 is 3.00 bits per heavy atom. The van der Waals surface area contributed by atoms with Crippen LogP contribution in [0.3, 0.4) is 0 Å². The number of hydrogen-bond donors (Lipinski definition) is 2. The van der Waals surface area contributed by atoms with Crippen LogP contribution in [-0.4, -0.2) is 40.8 Å². The number of aromatic nitrogens is 4. The lowest BCUT2D eigenvalue weighted by molar-refractivity contribution is 0.712. The Labute approximate surface area is 105 Å². The highest BCUT2D eigenvalue weighted by Crippen LogP contribution is 2.23. The highest BCUT2D eigenvalue weighted by atomic mass is 15.2. The van der Waals surface area contributed by atoms with Crippen LogP contribution in [0.15, 0.2) is 6.20 Å². The van der Waals surface area contributed by atoms with E-state index in [1.54, 1.807) is 13.2 Å². The van der Waals surface area contributed by atoms with Crippen molar-refractivity contribution in [2.75, 3.05) is 30.9 Å². The molecule has 7 heteroatoms. The molecule has 18 heavy (non-hydrogen) atoms. The van der Waals surface area contributed by atoms with Gasteiger partial charge in [0.1, 0.15) is 5.82 Å². The third-order valence-electron chi connectivity index (χ3n) is 2.64. The molecule has 0 radical (unpaired) electrons. The van der Waals surface area contributed by atoms with E-state index < -0.39 is 0 Å². The van der Waals surface area contributed by atoms with Gasteiger partial charge in [-0.15, -0.1) is 0 Å². The summed E-state index contributed by atoms with van der Waals surface area (Å²) in [6.45, 7) is 2.49. The van der Waals surface area contributed by atoms with Crippen LogP contribution in [0.4, 0.5) is 11.8 Å². The maximum atomic E-state index is 8.86. The second-order valence-corrected chi connectivity index (χ2v) is 4.16. The minimum atomic E-state index is -0.0649. The summed E-state index contributed by atoms with van der Waals surface area (Å²) in [4.78, 5) is 10.6. The number of nitrogens with zero attached hydrogens (tertiary/aromatic N) is 5. The van der Waals surface area contributed by atoms with E-state index in [2.05, 4.69) is 31.6 Å². The van der Waals surface area contributed by atoms with Gasteiger partial charge in [0.15, 0.2) is 5.65 Å². The summed E-state index contributed by atoms with van der Waals surface area (Å²) < 4.78 is 0. The van der Waals surface area contributed by atoms with Crippen molar-refractivity contribution in [3.63, 3.8) is 0 Å². The van der Waals surface area contributed by atoms with E-state index >= 15 is 0 Å². The standard InChI is InChI=1S/C11H15N7/c1-7(4-12)6-18(3)10-8-5-14-17-9(8)15-11(13-2)16-10/h5,7H,6H2,1-3H3,(H2,13,14,15,16,17). The molecule has 2 N–H and O–H groups in total. The molecule has 0 bridgehead atoms. The first kappa shape index (κ1) is 12.1. The number of rotatable bonds is 4. The largest absolute Gasteiger partial charge is 0.358 e. The predicted octanol–water partition coefficient (Wildman–Crippen LogP) is 0.990. The SMILES string of the molecule is CNc1nc(N(C)CC(C)C#N)c2cn[nH]c2n1. The Hall–Kier alpha value is -2.36. The Morgan fingerprint density at radius 2 is 2.33 bits per heavy atom. The molecule has 0 aromatic carbocycles. The number of aromatic amines is 1. The van der Waals surface area contributed by atoms with Gasteiger partial charge in [-0.25, -0.2) is 0 Å². The van der Waals surface area contributed by atoms with Crippen molar-refractivity contribution >= 4 is 22.8 Å². The number of fused-ring (bicyclic) bond motifs is 1. The van der Waals surface area contributed by atoms with Gasteiger partial charge in [-0.2, -0.15) is 20.3 Å². The highest BCUT2D eigenvalue weighted by molar-refractivity contribution is 5.87. The minimum Gasteiger partial charge on any atom is -0.358 e. The molecule has 0 saturated carbocycles. The second kappa shape index (κ2) is 4.87. The fourth-order valence-corrected chi connectivity index (χ4v) is 1.76. The van der Waals surface area contributed by atoms with Gasteiger partial charge in [0.2, 0.25) is 5.95 Å². The zero-order valence-electron chi connectivity index (χ0n) is 10.6. The Balaban J connectivity index is 2.42. The normalized spacial score (nSPS) is 12.1. The summed E-state index contributed by atoms with van der Waals surface area (Å²) in [5, 5.41) is 19.4. The van der Waals surface area contributed by atoms with Crippen LogP contribution in [0.2, 0.25) is 0 Å². The second-order valence-electron chi connectivity index (χ2n) is 4.16. The highest BCUT2D eigenvalue weighted by Gasteiger charge is 2.14. The van der Waals surface area contributed by atoms with Crippen molar-refractivity contribution in [1.29, 1.82) is 5.26 Å². The summed E-state index contributed by atoms with van der Waals surface area (Å²) in [5.74, 6) is 1.23. The van der Waals surface area contributed by atoms with Crippen molar-refractivity contribution in [3.8, 4) is 6.07 Å². The van der Waals surface area contributed by atoms with Gasteiger partial charge in [-0.1, -0.05) is 0 Å². The summed E-state index contributed by atoms with van der Waals surface area (Å²) in [7, 11) is 3.67. The summed E-state index contributed by atoms with van der Waals surface area (Å²) in [5.41, 5.74) is 0.681. The molecule has 2 heterocycles. The molecule has 2 rings (SSSR count). The molecule has 2 aromatic rings. The smallest absolute Gasteiger partial charge is 0.226 e. The monoisotopic (exact) mass is 245 g/mol. The molecule has 2 aromatic heterocycles. The van der Waals surface area contributed by atoms with E-state index in [1.165, 1.54) is 0 Å². The average Bonchev–Trinajstić information content (AvgIpc) is 2.85. The summed E-state index contributed by atoms with van der Waals surface area (Å²) >= 11 is 0. The third kappa shape index (κ3) is 2.18. The first-order chi connectivity index (χ1) is 8.65. The minimum absolute atomic E-state index is 0.0649. The van der Waals surface area contributed by atoms with Crippen molar-refractivity contribution in [2.45, 2.75) is 6.92 Å².